The number of benzene rings is 1. The summed E-state index contributed by atoms with van der Waals surface area (Å²) in [4.78, 5) is 37.3. The van der Waals surface area contributed by atoms with Crippen molar-refractivity contribution < 1.29 is 19.4 Å². The van der Waals surface area contributed by atoms with Crippen LogP contribution in [0.15, 0.2) is 36.8 Å². The SMILES string of the molecule is COc1ncncc1N1CCC(C(=O)N2C(c3ccccc3Cl)CC[C@H]2C(=O)O)CC1. The molecule has 3 heterocycles. The van der Waals surface area contributed by atoms with Crippen LogP contribution in [0, 0.1) is 5.92 Å². The van der Waals surface area contributed by atoms with E-state index in [0.717, 1.165) is 11.3 Å². The first kappa shape index (κ1) is 21.4. The molecule has 1 aromatic heterocycles. The van der Waals surface area contributed by atoms with Crippen molar-refractivity contribution in [2.45, 2.75) is 37.8 Å². The highest BCUT2D eigenvalue weighted by Gasteiger charge is 2.44. The van der Waals surface area contributed by atoms with Crippen molar-refractivity contribution in [3.63, 3.8) is 0 Å². The van der Waals surface area contributed by atoms with E-state index in [4.69, 9.17) is 16.3 Å². The first-order valence-corrected chi connectivity index (χ1v) is 10.8. The summed E-state index contributed by atoms with van der Waals surface area (Å²) >= 11 is 6.39. The Morgan fingerprint density at radius 2 is 1.90 bits per heavy atom. The summed E-state index contributed by atoms with van der Waals surface area (Å²) < 4.78 is 5.32. The molecule has 0 bridgehead atoms. The molecule has 0 spiro atoms. The Morgan fingerprint density at radius 3 is 2.58 bits per heavy atom. The van der Waals surface area contributed by atoms with Crippen LogP contribution in [0.3, 0.4) is 0 Å². The van der Waals surface area contributed by atoms with Crippen LogP contribution < -0.4 is 9.64 Å². The smallest absolute Gasteiger partial charge is 0.326 e. The second-order valence-electron chi connectivity index (χ2n) is 7.89. The maximum Gasteiger partial charge on any atom is 0.326 e. The topological polar surface area (TPSA) is 95.9 Å². The summed E-state index contributed by atoms with van der Waals surface area (Å²) in [6.07, 6.45) is 5.40. The van der Waals surface area contributed by atoms with Crippen molar-refractivity contribution in [1.82, 2.24) is 14.9 Å². The third-order valence-electron chi connectivity index (χ3n) is 6.22. The summed E-state index contributed by atoms with van der Waals surface area (Å²) in [6, 6.07) is 6.21. The van der Waals surface area contributed by atoms with Crippen LogP contribution >= 0.6 is 11.6 Å². The van der Waals surface area contributed by atoms with Gasteiger partial charge in [0.1, 0.15) is 18.1 Å². The molecule has 0 radical (unpaired) electrons. The fourth-order valence-corrected chi connectivity index (χ4v) is 4.94. The molecule has 2 saturated heterocycles. The highest BCUT2D eigenvalue weighted by atomic mass is 35.5. The zero-order valence-corrected chi connectivity index (χ0v) is 18.0. The molecule has 31 heavy (non-hydrogen) atoms. The molecule has 9 heteroatoms. The highest BCUT2D eigenvalue weighted by molar-refractivity contribution is 6.31. The molecule has 2 aromatic rings. The normalized spacial score (nSPS) is 21.9. The minimum Gasteiger partial charge on any atom is -0.480 e. The van der Waals surface area contributed by atoms with E-state index in [2.05, 4.69) is 14.9 Å². The average molecular weight is 445 g/mol. The van der Waals surface area contributed by atoms with Crippen LogP contribution in [0.5, 0.6) is 5.88 Å². The van der Waals surface area contributed by atoms with Gasteiger partial charge < -0.3 is 19.6 Å². The van der Waals surface area contributed by atoms with Crippen molar-refractivity contribution in [3.8, 4) is 5.88 Å². The maximum absolute atomic E-state index is 13.5. The van der Waals surface area contributed by atoms with Gasteiger partial charge in [0.15, 0.2) is 0 Å². The highest BCUT2D eigenvalue weighted by Crippen LogP contribution is 2.41. The number of aliphatic carboxylic acids is 1. The number of carboxylic acids is 1. The number of rotatable bonds is 5. The van der Waals surface area contributed by atoms with E-state index < -0.39 is 12.0 Å². The molecular formula is C22H25ClN4O4. The number of carbonyl (C=O) groups is 2. The predicted molar refractivity (Wildman–Crippen MR) is 115 cm³/mol. The number of halogens is 1. The number of nitrogens with zero attached hydrogens (tertiary/aromatic N) is 4. The van der Waals surface area contributed by atoms with Gasteiger partial charge in [-0.2, -0.15) is 0 Å². The number of methoxy groups -OCH3 is 1. The number of hydrogen-bond acceptors (Lipinski definition) is 6. The van der Waals surface area contributed by atoms with Gasteiger partial charge in [-0.15, -0.1) is 0 Å². The number of ether oxygens (including phenoxy) is 1. The van der Waals surface area contributed by atoms with Crippen LogP contribution in [0.1, 0.15) is 37.3 Å². The largest absolute Gasteiger partial charge is 0.480 e. The van der Waals surface area contributed by atoms with Crippen molar-refractivity contribution in [3.05, 3.63) is 47.4 Å². The molecule has 2 aliphatic heterocycles. The van der Waals surface area contributed by atoms with Gasteiger partial charge in [0.25, 0.3) is 0 Å². The number of amides is 1. The lowest BCUT2D eigenvalue weighted by Crippen LogP contribution is -2.47. The quantitative estimate of drug-likeness (QED) is 0.756. The van der Waals surface area contributed by atoms with Crippen LogP contribution in [0.2, 0.25) is 5.02 Å². The number of hydrogen-bond donors (Lipinski definition) is 1. The Kier molecular flexibility index (Phi) is 6.27. The lowest BCUT2D eigenvalue weighted by atomic mass is 9.93. The van der Waals surface area contributed by atoms with Gasteiger partial charge in [-0.3, -0.25) is 4.79 Å². The fourth-order valence-electron chi connectivity index (χ4n) is 4.67. The number of anilines is 1. The van der Waals surface area contributed by atoms with Gasteiger partial charge in [0.2, 0.25) is 11.8 Å². The summed E-state index contributed by atoms with van der Waals surface area (Å²) in [6.45, 7) is 1.28. The van der Waals surface area contributed by atoms with Crippen molar-refractivity contribution in [1.29, 1.82) is 0 Å². The van der Waals surface area contributed by atoms with E-state index >= 15 is 0 Å². The lowest BCUT2D eigenvalue weighted by molar-refractivity contribution is -0.152. The number of likely N-dealkylation sites (tertiary alicyclic amines) is 1. The zero-order chi connectivity index (χ0) is 22.0. The summed E-state index contributed by atoms with van der Waals surface area (Å²) in [5.74, 6) is -0.807. The Balaban J connectivity index is 1.52. The number of aromatic nitrogens is 2. The third kappa shape index (κ3) is 4.17. The van der Waals surface area contributed by atoms with Gasteiger partial charge >= 0.3 is 5.97 Å². The van der Waals surface area contributed by atoms with E-state index in [1.165, 1.54) is 6.33 Å². The second kappa shape index (κ2) is 9.09. The average Bonchev–Trinajstić information content (AvgIpc) is 3.24. The molecule has 1 N–H and O–H groups in total. The van der Waals surface area contributed by atoms with Gasteiger partial charge in [-0.1, -0.05) is 29.8 Å². The summed E-state index contributed by atoms with van der Waals surface area (Å²) in [5.41, 5.74) is 1.61. The Bertz CT molecular complexity index is 964. The van der Waals surface area contributed by atoms with E-state index in [-0.39, 0.29) is 17.9 Å². The molecule has 0 saturated carbocycles. The van der Waals surface area contributed by atoms with E-state index in [9.17, 15) is 14.7 Å². The monoisotopic (exact) mass is 444 g/mol. The third-order valence-corrected chi connectivity index (χ3v) is 6.57. The van der Waals surface area contributed by atoms with Crippen LogP contribution in [-0.4, -0.2) is 58.1 Å². The summed E-state index contributed by atoms with van der Waals surface area (Å²) in [7, 11) is 1.57. The minimum absolute atomic E-state index is 0.106. The molecule has 2 fully saturated rings. The standard InChI is InChI=1S/C22H25ClN4O4/c1-31-20-19(12-24-13-25-20)26-10-8-14(9-11-26)21(28)27-17(6-7-18(27)22(29)30)15-4-2-3-5-16(15)23/h2-5,12-14,17-18H,6-11H2,1H3,(H,29,30)/t17?,18-/m0/s1. The van der Waals surface area contributed by atoms with Crippen LogP contribution in [0.4, 0.5) is 5.69 Å². The second-order valence-corrected chi connectivity index (χ2v) is 8.30. The van der Waals surface area contributed by atoms with Crippen LogP contribution in [0.25, 0.3) is 0 Å². The predicted octanol–water partition coefficient (Wildman–Crippen LogP) is 3.17. The zero-order valence-electron chi connectivity index (χ0n) is 17.3. The van der Waals surface area contributed by atoms with E-state index in [1.807, 2.05) is 18.2 Å². The van der Waals surface area contributed by atoms with Gasteiger partial charge in [0.05, 0.1) is 19.3 Å². The van der Waals surface area contributed by atoms with E-state index in [1.54, 1.807) is 24.3 Å². The summed E-state index contributed by atoms with van der Waals surface area (Å²) in [5, 5.41) is 10.3. The Labute approximate surface area is 185 Å². The first-order chi connectivity index (χ1) is 15.0. The molecule has 1 unspecified atom stereocenters. The van der Waals surface area contributed by atoms with E-state index in [0.29, 0.717) is 49.7 Å². The minimum atomic E-state index is -0.966. The Hall–Kier alpha value is -2.87. The Morgan fingerprint density at radius 1 is 1.16 bits per heavy atom. The van der Waals surface area contributed by atoms with Gasteiger partial charge in [-0.25, -0.2) is 14.8 Å². The molecule has 2 aliphatic rings. The van der Waals surface area contributed by atoms with Crippen LogP contribution in [-0.2, 0) is 9.59 Å². The van der Waals surface area contributed by atoms with Gasteiger partial charge in [-0.05, 0) is 37.3 Å². The van der Waals surface area contributed by atoms with Crippen molar-refractivity contribution >= 4 is 29.2 Å². The fraction of sp³-hybridized carbons (Fsp3) is 0.455. The molecule has 4 rings (SSSR count). The molecular weight excluding hydrogens is 420 g/mol. The lowest BCUT2D eigenvalue weighted by Gasteiger charge is -2.37. The molecule has 0 aliphatic carbocycles. The number of carboxylic acid groups (broad SMARTS) is 1. The number of piperidine rings is 1. The number of carbonyl (C=O) groups excluding carboxylic acids is 1. The maximum atomic E-state index is 13.5. The molecule has 1 aromatic carbocycles. The molecule has 2 atom stereocenters. The molecule has 164 valence electrons. The van der Waals surface area contributed by atoms with Gasteiger partial charge in [0, 0.05) is 24.0 Å². The first-order valence-electron chi connectivity index (χ1n) is 10.4. The molecule has 8 nitrogen and oxygen atoms in total. The molecule has 1 amide bonds. The van der Waals surface area contributed by atoms with Crippen molar-refractivity contribution in [2.24, 2.45) is 5.92 Å². The van der Waals surface area contributed by atoms with Crippen molar-refractivity contribution in [2.75, 3.05) is 25.1 Å².